The molecule has 0 radical (unpaired) electrons. The quantitative estimate of drug-likeness (QED) is 0.638. The van der Waals surface area contributed by atoms with Crippen LogP contribution >= 0.6 is 0 Å². The fraction of sp³-hybridized carbons (Fsp3) is 0.500. The fourth-order valence-corrected chi connectivity index (χ4v) is 2.61. The predicted molar refractivity (Wildman–Crippen MR) is 78.8 cm³/mol. The predicted octanol–water partition coefficient (Wildman–Crippen LogP) is 2.19. The van der Waals surface area contributed by atoms with E-state index in [-0.39, 0.29) is 11.3 Å². The van der Waals surface area contributed by atoms with Crippen molar-refractivity contribution >= 4 is 17.3 Å². The molecule has 2 N–H and O–H groups in total. The molecule has 1 heterocycles. The van der Waals surface area contributed by atoms with Gasteiger partial charge in [-0.15, -0.1) is 0 Å². The molecule has 1 atom stereocenters. The van der Waals surface area contributed by atoms with Crippen LogP contribution in [0.25, 0.3) is 0 Å². The second-order valence-corrected chi connectivity index (χ2v) is 5.30. The first-order chi connectivity index (χ1) is 9.99. The van der Waals surface area contributed by atoms with Crippen molar-refractivity contribution in [3.8, 4) is 0 Å². The van der Waals surface area contributed by atoms with E-state index in [4.69, 9.17) is 0 Å². The van der Waals surface area contributed by atoms with E-state index in [1.54, 1.807) is 0 Å². The molecular weight excluding hydrogens is 274 g/mol. The molecule has 7 nitrogen and oxygen atoms in total. The molecular formula is C14H19N3O4. The zero-order valence-electron chi connectivity index (χ0n) is 11.9. The van der Waals surface area contributed by atoms with Crippen molar-refractivity contribution in [3.63, 3.8) is 0 Å². The minimum Gasteiger partial charge on any atom is -0.478 e. The highest BCUT2D eigenvalue weighted by Crippen LogP contribution is 2.23. The summed E-state index contributed by atoms with van der Waals surface area (Å²) in [4.78, 5) is 23.6. The summed E-state index contributed by atoms with van der Waals surface area (Å²) in [5, 5.41) is 23.0. The van der Waals surface area contributed by atoms with Crippen molar-refractivity contribution in [1.82, 2.24) is 4.90 Å². The lowest BCUT2D eigenvalue weighted by atomic mass is 10.0. The molecule has 0 spiro atoms. The third-order valence-electron chi connectivity index (χ3n) is 3.89. The molecule has 0 amide bonds. The average molecular weight is 293 g/mol. The number of hydrogen-bond donors (Lipinski definition) is 2. The Labute approximate surface area is 122 Å². The standard InChI is InChI=1S/C14H19N3O4/c1-16-7-3-2-4-11(16)9-15-13-6-5-10(17(20)21)8-12(13)14(18)19/h5-6,8,11,15H,2-4,7,9H2,1H3,(H,18,19). The molecule has 7 heteroatoms. The number of nitrogens with one attached hydrogen (secondary N) is 1. The first-order valence-electron chi connectivity index (χ1n) is 6.95. The number of aromatic carboxylic acids is 1. The van der Waals surface area contributed by atoms with Gasteiger partial charge in [0.05, 0.1) is 10.5 Å². The van der Waals surface area contributed by atoms with Crippen LogP contribution in [0.2, 0.25) is 0 Å². The lowest BCUT2D eigenvalue weighted by Gasteiger charge is -2.32. The summed E-state index contributed by atoms with van der Waals surface area (Å²) < 4.78 is 0. The van der Waals surface area contributed by atoms with Crippen LogP contribution in [0.5, 0.6) is 0 Å². The normalized spacial score (nSPS) is 19.2. The lowest BCUT2D eigenvalue weighted by Crippen LogP contribution is -2.40. The van der Waals surface area contributed by atoms with Crippen LogP contribution < -0.4 is 5.32 Å². The fourth-order valence-electron chi connectivity index (χ4n) is 2.61. The molecule has 1 aromatic rings. The van der Waals surface area contributed by atoms with Crippen molar-refractivity contribution in [3.05, 3.63) is 33.9 Å². The lowest BCUT2D eigenvalue weighted by molar-refractivity contribution is -0.384. The molecule has 21 heavy (non-hydrogen) atoms. The topological polar surface area (TPSA) is 95.7 Å². The van der Waals surface area contributed by atoms with E-state index >= 15 is 0 Å². The number of hydrogen-bond acceptors (Lipinski definition) is 5. The smallest absolute Gasteiger partial charge is 0.338 e. The van der Waals surface area contributed by atoms with Gasteiger partial charge in [0.1, 0.15) is 0 Å². The van der Waals surface area contributed by atoms with Gasteiger partial charge in [0.2, 0.25) is 0 Å². The number of carbonyl (C=O) groups is 1. The van der Waals surface area contributed by atoms with Gasteiger partial charge in [-0.05, 0) is 32.5 Å². The number of benzene rings is 1. The number of nitrogens with zero attached hydrogens (tertiary/aromatic N) is 2. The number of nitro groups is 1. The number of nitro benzene ring substituents is 1. The number of rotatable bonds is 5. The van der Waals surface area contributed by atoms with Crippen LogP contribution in [0.3, 0.4) is 0 Å². The Bertz CT molecular complexity index is 547. The zero-order valence-corrected chi connectivity index (χ0v) is 11.9. The van der Waals surface area contributed by atoms with Crippen LogP contribution in [0.15, 0.2) is 18.2 Å². The van der Waals surface area contributed by atoms with Gasteiger partial charge >= 0.3 is 5.97 Å². The van der Waals surface area contributed by atoms with Crippen molar-refractivity contribution in [2.75, 3.05) is 25.5 Å². The SMILES string of the molecule is CN1CCCCC1CNc1ccc([N+](=O)[O-])cc1C(=O)O. The van der Waals surface area contributed by atoms with E-state index < -0.39 is 10.9 Å². The average Bonchev–Trinajstić information content (AvgIpc) is 2.46. The maximum Gasteiger partial charge on any atom is 0.338 e. The monoisotopic (exact) mass is 293 g/mol. The maximum atomic E-state index is 11.2. The highest BCUT2D eigenvalue weighted by molar-refractivity contribution is 5.95. The Morgan fingerprint density at radius 3 is 2.90 bits per heavy atom. The number of non-ortho nitro benzene ring substituents is 1. The van der Waals surface area contributed by atoms with Crippen LogP contribution in [-0.4, -0.2) is 47.1 Å². The summed E-state index contributed by atoms with van der Waals surface area (Å²) in [6.45, 7) is 1.67. The molecule has 2 rings (SSSR count). The molecule has 0 aliphatic carbocycles. The summed E-state index contributed by atoms with van der Waals surface area (Å²) in [6.07, 6.45) is 3.42. The van der Waals surface area contributed by atoms with Crippen LogP contribution in [0, 0.1) is 10.1 Å². The molecule has 0 bridgehead atoms. The minimum atomic E-state index is -1.17. The summed E-state index contributed by atoms with van der Waals surface area (Å²) in [5.41, 5.74) is 0.141. The molecule has 114 valence electrons. The Balaban J connectivity index is 2.11. The van der Waals surface area contributed by atoms with Crippen LogP contribution in [-0.2, 0) is 0 Å². The molecule has 1 fully saturated rings. The van der Waals surface area contributed by atoms with Crippen molar-refractivity contribution in [2.24, 2.45) is 0 Å². The second-order valence-electron chi connectivity index (χ2n) is 5.30. The highest BCUT2D eigenvalue weighted by Gasteiger charge is 2.20. The van der Waals surface area contributed by atoms with Gasteiger partial charge in [0.15, 0.2) is 0 Å². The number of likely N-dealkylation sites (N-methyl/N-ethyl adjacent to an activating group) is 1. The molecule has 1 aliphatic rings. The number of carboxylic acid groups (broad SMARTS) is 1. The van der Waals surface area contributed by atoms with E-state index in [1.165, 1.54) is 25.0 Å². The summed E-state index contributed by atoms with van der Waals surface area (Å²) in [6, 6.07) is 4.23. The Morgan fingerprint density at radius 1 is 1.52 bits per heavy atom. The molecule has 0 saturated carbocycles. The number of carboxylic acids is 1. The van der Waals surface area contributed by atoms with Crippen molar-refractivity contribution in [2.45, 2.75) is 25.3 Å². The van der Waals surface area contributed by atoms with E-state index in [0.29, 0.717) is 18.3 Å². The van der Waals surface area contributed by atoms with Crippen molar-refractivity contribution < 1.29 is 14.8 Å². The van der Waals surface area contributed by atoms with Gasteiger partial charge in [0, 0.05) is 30.4 Å². The van der Waals surface area contributed by atoms with Crippen LogP contribution in [0.1, 0.15) is 29.6 Å². The van der Waals surface area contributed by atoms with Gasteiger partial charge in [-0.3, -0.25) is 10.1 Å². The third kappa shape index (κ3) is 3.69. The van der Waals surface area contributed by atoms with Crippen molar-refractivity contribution in [1.29, 1.82) is 0 Å². The van der Waals surface area contributed by atoms with E-state index in [1.807, 2.05) is 0 Å². The highest BCUT2D eigenvalue weighted by atomic mass is 16.6. The van der Waals surface area contributed by atoms with Gasteiger partial charge < -0.3 is 15.3 Å². The molecule has 1 unspecified atom stereocenters. The van der Waals surface area contributed by atoms with Crippen LogP contribution in [0.4, 0.5) is 11.4 Å². The third-order valence-corrected chi connectivity index (χ3v) is 3.89. The van der Waals surface area contributed by atoms with Gasteiger partial charge in [-0.2, -0.15) is 0 Å². The Hall–Kier alpha value is -2.15. The Kier molecular flexibility index (Phi) is 4.74. The molecule has 0 aromatic heterocycles. The van der Waals surface area contributed by atoms with E-state index in [0.717, 1.165) is 19.0 Å². The zero-order chi connectivity index (χ0) is 15.4. The van der Waals surface area contributed by atoms with Gasteiger partial charge in [0.25, 0.3) is 5.69 Å². The molecule has 1 saturated heterocycles. The van der Waals surface area contributed by atoms with E-state index in [9.17, 15) is 20.0 Å². The summed E-state index contributed by atoms with van der Waals surface area (Å²) in [7, 11) is 2.06. The first-order valence-corrected chi connectivity index (χ1v) is 6.95. The number of piperidine rings is 1. The van der Waals surface area contributed by atoms with Gasteiger partial charge in [-0.1, -0.05) is 6.42 Å². The second kappa shape index (κ2) is 6.53. The number of likely N-dealkylation sites (tertiary alicyclic amines) is 1. The summed E-state index contributed by atoms with van der Waals surface area (Å²) in [5.74, 6) is -1.17. The number of anilines is 1. The minimum absolute atomic E-state index is 0.0670. The maximum absolute atomic E-state index is 11.2. The molecule has 1 aromatic carbocycles. The first kappa shape index (κ1) is 15.2. The molecule has 1 aliphatic heterocycles. The van der Waals surface area contributed by atoms with E-state index in [2.05, 4.69) is 17.3 Å². The Morgan fingerprint density at radius 2 is 2.29 bits per heavy atom. The van der Waals surface area contributed by atoms with Gasteiger partial charge in [-0.25, -0.2) is 4.79 Å². The summed E-state index contributed by atoms with van der Waals surface area (Å²) >= 11 is 0. The largest absolute Gasteiger partial charge is 0.478 e.